The van der Waals surface area contributed by atoms with Crippen LogP contribution in [0.25, 0.3) is 0 Å². The molecule has 0 saturated heterocycles. The van der Waals surface area contributed by atoms with E-state index in [1.807, 2.05) is 0 Å². The van der Waals surface area contributed by atoms with E-state index in [9.17, 15) is 17.6 Å². The molecule has 0 aliphatic rings. The highest BCUT2D eigenvalue weighted by atomic mass is 19.3. The maximum Gasteiger partial charge on any atom is 0.461 e. The molecule has 0 aromatic heterocycles. The zero-order chi connectivity index (χ0) is 13.6. The Kier molecular flexibility index (Phi) is 5.36. The fourth-order valence-corrected chi connectivity index (χ4v) is 1.05. The number of hydrogen-bond acceptors (Lipinski definition) is 3. The lowest BCUT2D eigenvalue weighted by Crippen LogP contribution is -2.33. The molecule has 0 aliphatic heterocycles. The summed E-state index contributed by atoms with van der Waals surface area (Å²) in [6.07, 6.45) is -8.37. The minimum Gasteiger partial charge on any atom is -0.428 e. The van der Waals surface area contributed by atoms with E-state index >= 15 is 0 Å². The van der Waals surface area contributed by atoms with E-state index in [4.69, 9.17) is 4.89 Å². The zero-order valence-electron chi connectivity index (χ0n) is 9.54. The van der Waals surface area contributed by atoms with Gasteiger partial charge in [-0.05, 0) is 24.6 Å². The van der Waals surface area contributed by atoms with E-state index in [1.54, 1.807) is 6.92 Å². The van der Waals surface area contributed by atoms with Gasteiger partial charge in [0.1, 0.15) is 12.4 Å². The molecule has 0 bridgehead atoms. The van der Waals surface area contributed by atoms with Crippen molar-refractivity contribution < 1.29 is 32.1 Å². The molecule has 0 atom stereocenters. The van der Waals surface area contributed by atoms with Gasteiger partial charge in [-0.2, -0.15) is 17.6 Å². The first-order valence-electron chi connectivity index (χ1n) is 5.14. The van der Waals surface area contributed by atoms with E-state index in [0.717, 1.165) is 12.1 Å². The first-order chi connectivity index (χ1) is 8.45. The predicted molar refractivity (Wildman–Crippen MR) is 54.4 cm³/mol. The van der Waals surface area contributed by atoms with Crippen LogP contribution in [0.1, 0.15) is 12.5 Å². The van der Waals surface area contributed by atoms with Crippen LogP contribution in [-0.4, -0.2) is 19.1 Å². The van der Waals surface area contributed by atoms with Gasteiger partial charge in [-0.15, -0.1) is 0 Å². The highest BCUT2D eigenvalue weighted by Crippen LogP contribution is 2.27. The summed E-state index contributed by atoms with van der Waals surface area (Å²) >= 11 is 0. The Morgan fingerprint density at radius 3 is 2.22 bits per heavy atom. The molecule has 0 aliphatic carbocycles. The lowest BCUT2D eigenvalue weighted by atomic mass is 10.2. The summed E-state index contributed by atoms with van der Waals surface area (Å²) in [6, 6.07) is 5.13. The summed E-state index contributed by atoms with van der Waals surface area (Å²) in [5, 5.41) is 0. The Bertz CT molecular complexity index is 354. The molecule has 3 nitrogen and oxygen atoms in total. The van der Waals surface area contributed by atoms with Crippen molar-refractivity contribution in [2.24, 2.45) is 0 Å². The molecule has 18 heavy (non-hydrogen) atoms. The van der Waals surface area contributed by atoms with Gasteiger partial charge in [0.2, 0.25) is 0 Å². The lowest BCUT2D eigenvalue weighted by molar-refractivity contribution is -0.300. The average molecular weight is 268 g/mol. The van der Waals surface area contributed by atoms with E-state index in [2.05, 4.69) is 9.62 Å². The zero-order valence-corrected chi connectivity index (χ0v) is 9.54. The Balaban J connectivity index is 2.55. The Hall–Kier alpha value is -1.34. The highest BCUT2D eigenvalue weighted by Gasteiger charge is 2.43. The normalized spacial score (nSPS) is 11.9. The average Bonchev–Trinajstić information content (AvgIpc) is 2.31. The second-order valence-electron chi connectivity index (χ2n) is 3.28. The van der Waals surface area contributed by atoms with E-state index in [0.29, 0.717) is 12.2 Å². The molecule has 0 spiro atoms. The van der Waals surface area contributed by atoms with Crippen molar-refractivity contribution in [2.45, 2.75) is 26.1 Å². The number of hydrogen-bond donors (Lipinski definition) is 0. The van der Waals surface area contributed by atoms with Crippen molar-refractivity contribution >= 4 is 0 Å². The van der Waals surface area contributed by atoms with Crippen LogP contribution in [0.15, 0.2) is 24.3 Å². The van der Waals surface area contributed by atoms with E-state index in [-0.39, 0.29) is 12.4 Å². The molecule has 0 fully saturated rings. The summed E-state index contributed by atoms with van der Waals surface area (Å²) in [6.45, 7) is 2.24. The van der Waals surface area contributed by atoms with Gasteiger partial charge in [-0.3, -0.25) is 0 Å². The van der Waals surface area contributed by atoms with Crippen molar-refractivity contribution in [3.05, 3.63) is 29.8 Å². The number of halogens is 4. The summed E-state index contributed by atoms with van der Waals surface area (Å²) < 4.78 is 52.8. The van der Waals surface area contributed by atoms with Crippen molar-refractivity contribution in [3.8, 4) is 5.75 Å². The fourth-order valence-electron chi connectivity index (χ4n) is 1.05. The molecule has 0 heterocycles. The Labute approximate surface area is 101 Å². The number of ether oxygens (including phenoxy) is 1. The van der Waals surface area contributed by atoms with Crippen LogP contribution in [0.4, 0.5) is 17.6 Å². The molecule has 0 N–H and O–H groups in total. The third kappa shape index (κ3) is 4.50. The van der Waals surface area contributed by atoms with Crippen molar-refractivity contribution in [1.82, 2.24) is 0 Å². The molecule has 1 rings (SSSR count). The third-order valence-electron chi connectivity index (χ3n) is 1.86. The first-order valence-corrected chi connectivity index (χ1v) is 5.14. The molecular weight excluding hydrogens is 256 g/mol. The van der Waals surface area contributed by atoms with E-state index < -0.39 is 12.5 Å². The standard InChI is InChI=1S/C11H12F4O3/c1-2-16-17-7-8-3-5-9(6-4-8)18-11(14,15)10(12)13/h3-6,10H,2,7H2,1H3. The number of alkyl halides is 4. The van der Waals surface area contributed by atoms with Gasteiger partial charge in [0.25, 0.3) is 0 Å². The van der Waals surface area contributed by atoms with Gasteiger partial charge >= 0.3 is 12.5 Å². The van der Waals surface area contributed by atoms with Gasteiger partial charge in [0.05, 0.1) is 6.61 Å². The summed E-state index contributed by atoms with van der Waals surface area (Å²) in [5.74, 6) is -0.347. The van der Waals surface area contributed by atoms with Gasteiger partial charge in [-0.1, -0.05) is 12.1 Å². The third-order valence-corrected chi connectivity index (χ3v) is 1.86. The highest BCUT2D eigenvalue weighted by molar-refractivity contribution is 5.27. The molecule has 1 aromatic carbocycles. The number of rotatable bonds is 7. The topological polar surface area (TPSA) is 27.7 Å². The first kappa shape index (κ1) is 14.7. The van der Waals surface area contributed by atoms with Crippen LogP contribution < -0.4 is 4.74 Å². The molecule has 7 heteroatoms. The van der Waals surface area contributed by atoms with Crippen LogP contribution >= 0.6 is 0 Å². The van der Waals surface area contributed by atoms with Crippen LogP contribution in [0.3, 0.4) is 0 Å². The molecule has 0 unspecified atom stereocenters. The largest absolute Gasteiger partial charge is 0.461 e. The summed E-state index contributed by atoms with van der Waals surface area (Å²) in [7, 11) is 0. The molecule has 0 radical (unpaired) electrons. The second-order valence-corrected chi connectivity index (χ2v) is 3.28. The fraction of sp³-hybridized carbons (Fsp3) is 0.455. The monoisotopic (exact) mass is 268 g/mol. The smallest absolute Gasteiger partial charge is 0.428 e. The molecule has 0 amide bonds. The molecular formula is C11H12F4O3. The maximum atomic E-state index is 12.6. The minimum atomic E-state index is -4.50. The molecule has 0 saturated carbocycles. The Morgan fingerprint density at radius 1 is 1.11 bits per heavy atom. The van der Waals surface area contributed by atoms with Crippen LogP contribution in [0.5, 0.6) is 5.75 Å². The summed E-state index contributed by atoms with van der Waals surface area (Å²) in [4.78, 5) is 9.37. The van der Waals surface area contributed by atoms with Gasteiger partial charge in [0, 0.05) is 0 Å². The van der Waals surface area contributed by atoms with Crippen molar-refractivity contribution in [3.63, 3.8) is 0 Å². The van der Waals surface area contributed by atoms with Gasteiger partial charge in [-0.25, -0.2) is 9.78 Å². The van der Waals surface area contributed by atoms with Crippen LogP contribution in [-0.2, 0) is 16.4 Å². The van der Waals surface area contributed by atoms with Crippen molar-refractivity contribution in [1.29, 1.82) is 0 Å². The second kappa shape index (κ2) is 6.55. The number of benzene rings is 1. The van der Waals surface area contributed by atoms with Crippen molar-refractivity contribution in [2.75, 3.05) is 6.61 Å². The van der Waals surface area contributed by atoms with Gasteiger partial charge in [0.15, 0.2) is 0 Å². The molecule has 102 valence electrons. The van der Waals surface area contributed by atoms with Crippen LogP contribution in [0.2, 0.25) is 0 Å². The summed E-state index contributed by atoms with van der Waals surface area (Å²) in [5.41, 5.74) is 0.635. The van der Waals surface area contributed by atoms with Crippen LogP contribution in [0, 0.1) is 0 Å². The minimum absolute atomic E-state index is 0.124. The quantitative estimate of drug-likeness (QED) is 0.328. The molecule has 1 aromatic rings. The predicted octanol–water partition coefficient (Wildman–Crippen LogP) is 3.39. The Morgan fingerprint density at radius 2 is 1.72 bits per heavy atom. The van der Waals surface area contributed by atoms with Gasteiger partial charge < -0.3 is 4.74 Å². The van der Waals surface area contributed by atoms with E-state index in [1.165, 1.54) is 12.1 Å². The SMILES string of the molecule is CCOOCc1ccc(OC(F)(F)C(F)F)cc1. The maximum absolute atomic E-state index is 12.6. The lowest BCUT2D eigenvalue weighted by Gasteiger charge is -2.16.